The van der Waals surface area contributed by atoms with Crippen molar-refractivity contribution < 1.29 is 5.11 Å². The van der Waals surface area contributed by atoms with Gasteiger partial charge in [0.1, 0.15) is 0 Å². The topological polar surface area (TPSA) is 20.2 Å². The number of rotatable bonds is 1. The fraction of sp³-hybridized carbons (Fsp3) is 0.538. The molecule has 1 aliphatic rings. The van der Waals surface area contributed by atoms with Gasteiger partial charge >= 0.3 is 0 Å². The molecule has 0 heterocycles. The van der Waals surface area contributed by atoms with E-state index in [0.717, 1.165) is 24.8 Å². The monoisotopic (exact) mass is 190 g/mol. The summed E-state index contributed by atoms with van der Waals surface area (Å²) in [6.07, 6.45) is 4.47. The molecule has 1 aliphatic carbocycles. The van der Waals surface area contributed by atoms with E-state index in [1.165, 1.54) is 6.42 Å². The summed E-state index contributed by atoms with van der Waals surface area (Å²) in [4.78, 5) is 0. The molecule has 0 aromatic heterocycles. The lowest BCUT2D eigenvalue weighted by atomic mass is 9.72. The van der Waals surface area contributed by atoms with Crippen molar-refractivity contribution in [1.82, 2.24) is 0 Å². The van der Waals surface area contributed by atoms with Crippen LogP contribution in [0.2, 0.25) is 0 Å². The minimum absolute atomic E-state index is 0.388. The van der Waals surface area contributed by atoms with Gasteiger partial charge in [-0.3, -0.25) is 0 Å². The van der Waals surface area contributed by atoms with Crippen LogP contribution in [0.4, 0.5) is 0 Å². The van der Waals surface area contributed by atoms with Gasteiger partial charge in [0, 0.05) is 0 Å². The average molecular weight is 190 g/mol. The number of hydrogen-bond acceptors (Lipinski definition) is 1. The Hall–Kier alpha value is -0.820. The van der Waals surface area contributed by atoms with E-state index in [-0.39, 0.29) is 0 Å². The molecular weight excluding hydrogens is 172 g/mol. The Bertz CT molecular complexity index is 293. The van der Waals surface area contributed by atoms with E-state index in [1.54, 1.807) is 0 Å². The molecule has 1 N–H and O–H groups in total. The van der Waals surface area contributed by atoms with Gasteiger partial charge in [-0.05, 0) is 24.3 Å². The zero-order valence-electron chi connectivity index (χ0n) is 8.74. The van der Waals surface area contributed by atoms with Crippen molar-refractivity contribution in [2.24, 2.45) is 5.92 Å². The first-order valence-electron chi connectivity index (χ1n) is 5.51. The number of hydrogen-bond donors (Lipinski definition) is 1. The number of aliphatic hydroxyl groups is 1. The quantitative estimate of drug-likeness (QED) is 0.721. The molecule has 0 unspecified atom stereocenters. The average Bonchev–Trinajstić information content (AvgIpc) is 2.24. The summed E-state index contributed by atoms with van der Waals surface area (Å²) in [5.41, 5.74) is 0.520. The SMILES string of the molecule is C[C@H]1CCCC[C@@]1(O)c1ccccc1. The van der Waals surface area contributed by atoms with Crippen LogP contribution < -0.4 is 0 Å². The van der Waals surface area contributed by atoms with Gasteiger partial charge in [0.2, 0.25) is 0 Å². The summed E-state index contributed by atoms with van der Waals surface area (Å²) in [5.74, 6) is 0.388. The molecule has 0 bridgehead atoms. The van der Waals surface area contributed by atoms with Crippen LogP contribution in [-0.2, 0) is 5.60 Å². The van der Waals surface area contributed by atoms with Crippen LogP contribution >= 0.6 is 0 Å². The van der Waals surface area contributed by atoms with Crippen LogP contribution in [0.5, 0.6) is 0 Å². The van der Waals surface area contributed by atoms with Gasteiger partial charge in [-0.15, -0.1) is 0 Å². The Morgan fingerprint density at radius 2 is 1.93 bits per heavy atom. The maximum Gasteiger partial charge on any atom is 0.0921 e. The predicted octanol–water partition coefficient (Wildman–Crippen LogP) is 3.08. The third kappa shape index (κ3) is 1.57. The van der Waals surface area contributed by atoms with Crippen LogP contribution in [0, 0.1) is 5.92 Å². The fourth-order valence-electron chi connectivity index (χ4n) is 2.49. The molecule has 2 atom stereocenters. The summed E-state index contributed by atoms with van der Waals surface area (Å²) < 4.78 is 0. The van der Waals surface area contributed by atoms with E-state index in [0.29, 0.717) is 5.92 Å². The van der Waals surface area contributed by atoms with E-state index in [1.807, 2.05) is 30.3 Å². The maximum absolute atomic E-state index is 10.6. The molecular formula is C13H18O. The van der Waals surface area contributed by atoms with Gasteiger partial charge in [0.15, 0.2) is 0 Å². The lowest BCUT2D eigenvalue weighted by Gasteiger charge is -2.38. The summed E-state index contributed by atoms with van der Waals surface area (Å²) in [5, 5.41) is 10.6. The van der Waals surface area contributed by atoms with E-state index in [4.69, 9.17) is 0 Å². The molecule has 0 amide bonds. The van der Waals surface area contributed by atoms with E-state index < -0.39 is 5.60 Å². The van der Waals surface area contributed by atoms with Crippen molar-refractivity contribution in [3.05, 3.63) is 35.9 Å². The zero-order chi connectivity index (χ0) is 10.0. The minimum atomic E-state index is -0.570. The fourth-order valence-corrected chi connectivity index (χ4v) is 2.49. The van der Waals surface area contributed by atoms with E-state index >= 15 is 0 Å². The summed E-state index contributed by atoms with van der Waals surface area (Å²) in [7, 11) is 0. The predicted molar refractivity (Wildman–Crippen MR) is 58.0 cm³/mol. The van der Waals surface area contributed by atoms with Gasteiger partial charge in [0.05, 0.1) is 5.60 Å². The molecule has 76 valence electrons. The second-order valence-corrected chi connectivity index (χ2v) is 4.44. The molecule has 2 rings (SSSR count). The van der Waals surface area contributed by atoms with Crippen molar-refractivity contribution in [3.8, 4) is 0 Å². The van der Waals surface area contributed by atoms with E-state index in [2.05, 4.69) is 6.92 Å². The smallest absolute Gasteiger partial charge is 0.0921 e. The van der Waals surface area contributed by atoms with Crippen molar-refractivity contribution in [3.63, 3.8) is 0 Å². The Balaban J connectivity index is 2.30. The molecule has 1 heteroatoms. The van der Waals surface area contributed by atoms with Crippen LogP contribution in [0.1, 0.15) is 38.2 Å². The van der Waals surface area contributed by atoms with Crippen LogP contribution in [0.3, 0.4) is 0 Å². The highest BCUT2D eigenvalue weighted by Gasteiger charge is 2.37. The third-order valence-electron chi connectivity index (χ3n) is 3.53. The van der Waals surface area contributed by atoms with Crippen molar-refractivity contribution in [1.29, 1.82) is 0 Å². The second kappa shape index (κ2) is 3.74. The van der Waals surface area contributed by atoms with Gasteiger partial charge in [0.25, 0.3) is 0 Å². The molecule has 1 aromatic carbocycles. The Morgan fingerprint density at radius 1 is 1.21 bits per heavy atom. The van der Waals surface area contributed by atoms with Crippen molar-refractivity contribution in [2.75, 3.05) is 0 Å². The van der Waals surface area contributed by atoms with Gasteiger partial charge in [-0.1, -0.05) is 50.1 Å². The van der Waals surface area contributed by atoms with Crippen LogP contribution in [-0.4, -0.2) is 5.11 Å². The minimum Gasteiger partial charge on any atom is -0.385 e. The van der Waals surface area contributed by atoms with Crippen molar-refractivity contribution in [2.45, 2.75) is 38.2 Å². The van der Waals surface area contributed by atoms with Gasteiger partial charge in [-0.25, -0.2) is 0 Å². The second-order valence-electron chi connectivity index (χ2n) is 4.44. The molecule has 0 aliphatic heterocycles. The number of benzene rings is 1. The first-order chi connectivity index (χ1) is 6.73. The highest BCUT2D eigenvalue weighted by molar-refractivity contribution is 5.23. The molecule has 1 aromatic rings. The molecule has 1 saturated carbocycles. The van der Waals surface area contributed by atoms with Crippen molar-refractivity contribution >= 4 is 0 Å². The third-order valence-corrected chi connectivity index (χ3v) is 3.53. The molecule has 0 saturated heterocycles. The molecule has 14 heavy (non-hydrogen) atoms. The highest BCUT2D eigenvalue weighted by Crippen LogP contribution is 2.41. The molecule has 0 radical (unpaired) electrons. The first-order valence-corrected chi connectivity index (χ1v) is 5.51. The molecule has 1 fully saturated rings. The maximum atomic E-state index is 10.6. The standard InChI is InChI=1S/C13H18O/c1-11-7-5-6-10-13(11,14)12-8-3-2-4-9-12/h2-4,8-9,11,14H,5-7,10H2,1H3/t11-,13-/m0/s1. The summed E-state index contributed by atoms with van der Waals surface area (Å²) in [6.45, 7) is 2.16. The largest absolute Gasteiger partial charge is 0.385 e. The van der Waals surface area contributed by atoms with Gasteiger partial charge in [-0.2, -0.15) is 0 Å². The zero-order valence-corrected chi connectivity index (χ0v) is 8.74. The highest BCUT2D eigenvalue weighted by atomic mass is 16.3. The summed E-state index contributed by atoms with van der Waals surface area (Å²) in [6, 6.07) is 10.1. The summed E-state index contributed by atoms with van der Waals surface area (Å²) >= 11 is 0. The van der Waals surface area contributed by atoms with Gasteiger partial charge < -0.3 is 5.11 Å². The normalized spacial score (nSPS) is 32.9. The van der Waals surface area contributed by atoms with Crippen LogP contribution in [0.25, 0.3) is 0 Å². The Morgan fingerprint density at radius 3 is 2.57 bits per heavy atom. The van der Waals surface area contributed by atoms with E-state index in [9.17, 15) is 5.11 Å². The van der Waals surface area contributed by atoms with Crippen LogP contribution in [0.15, 0.2) is 30.3 Å². The molecule has 1 nitrogen and oxygen atoms in total. The Labute approximate surface area is 85.8 Å². The molecule has 0 spiro atoms. The lowest BCUT2D eigenvalue weighted by molar-refractivity contribution is -0.0469. The first kappa shape index (κ1) is 9.72. The Kier molecular flexibility index (Phi) is 2.60. The lowest BCUT2D eigenvalue weighted by Crippen LogP contribution is -2.36.